The van der Waals surface area contributed by atoms with Gasteiger partial charge < -0.3 is 26.5 Å². The van der Waals surface area contributed by atoms with Gasteiger partial charge in [-0.25, -0.2) is 0 Å². The zero-order valence-corrected chi connectivity index (χ0v) is 16.4. The molecule has 0 aliphatic heterocycles. The molecule has 152 valence electrons. The van der Waals surface area contributed by atoms with E-state index in [1.54, 1.807) is 6.20 Å². The largest absolute Gasteiger partial charge is 0.480 e. The first kappa shape index (κ1) is 21.4. The highest BCUT2D eigenvalue weighted by atomic mass is 16.4. The molecule has 2 rings (SSSR count). The maximum absolute atomic E-state index is 12.7. The SMILES string of the molecule is CCC(C)C(N)C(=O)NC(Cc1c[nH]c2ccccc12)C(=O)NC(C)C(=O)O. The van der Waals surface area contributed by atoms with E-state index in [2.05, 4.69) is 15.6 Å². The van der Waals surface area contributed by atoms with Crippen molar-refractivity contribution >= 4 is 28.7 Å². The number of H-pyrrole nitrogens is 1. The number of para-hydroxylation sites is 1. The third kappa shape index (κ3) is 5.10. The number of amides is 2. The number of aromatic amines is 1. The van der Waals surface area contributed by atoms with Crippen LogP contribution in [0.2, 0.25) is 0 Å². The fourth-order valence-electron chi connectivity index (χ4n) is 2.89. The highest BCUT2D eigenvalue weighted by Gasteiger charge is 2.28. The Kier molecular flexibility index (Phi) is 7.17. The van der Waals surface area contributed by atoms with Crippen LogP contribution in [0.4, 0.5) is 0 Å². The van der Waals surface area contributed by atoms with Crippen LogP contribution in [0.3, 0.4) is 0 Å². The Balaban J connectivity index is 2.23. The van der Waals surface area contributed by atoms with Gasteiger partial charge in [-0.15, -0.1) is 0 Å². The smallest absolute Gasteiger partial charge is 0.325 e. The van der Waals surface area contributed by atoms with Gasteiger partial charge in [0.2, 0.25) is 11.8 Å². The average Bonchev–Trinajstić information content (AvgIpc) is 3.08. The van der Waals surface area contributed by atoms with E-state index >= 15 is 0 Å². The lowest BCUT2D eigenvalue weighted by Gasteiger charge is -2.23. The van der Waals surface area contributed by atoms with Crippen LogP contribution in [-0.2, 0) is 20.8 Å². The van der Waals surface area contributed by atoms with Crippen molar-refractivity contribution in [2.75, 3.05) is 0 Å². The summed E-state index contributed by atoms with van der Waals surface area (Å²) in [5.74, 6) is -2.20. The van der Waals surface area contributed by atoms with Crippen LogP contribution >= 0.6 is 0 Å². The van der Waals surface area contributed by atoms with Crippen molar-refractivity contribution in [3.05, 3.63) is 36.0 Å². The van der Waals surface area contributed by atoms with Crippen molar-refractivity contribution in [1.29, 1.82) is 0 Å². The number of nitrogens with one attached hydrogen (secondary N) is 3. The lowest BCUT2D eigenvalue weighted by molar-refractivity contribution is -0.141. The summed E-state index contributed by atoms with van der Waals surface area (Å²) in [6.07, 6.45) is 2.72. The Morgan fingerprint density at radius 1 is 1.14 bits per heavy atom. The van der Waals surface area contributed by atoms with E-state index in [1.807, 2.05) is 38.1 Å². The van der Waals surface area contributed by atoms with Crippen LogP contribution in [-0.4, -0.2) is 46.0 Å². The maximum atomic E-state index is 12.7. The molecule has 1 heterocycles. The normalized spacial score (nSPS) is 15.4. The third-order valence-corrected chi connectivity index (χ3v) is 5.02. The van der Waals surface area contributed by atoms with Gasteiger partial charge in [0, 0.05) is 23.5 Å². The number of hydrogen-bond donors (Lipinski definition) is 5. The number of carbonyl (C=O) groups excluding carboxylic acids is 2. The van der Waals surface area contributed by atoms with Crippen LogP contribution in [0.5, 0.6) is 0 Å². The van der Waals surface area contributed by atoms with Gasteiger partial charge >= 0.3 is 5.97 Å². The van der Waals surface area contributed by atoms with E-state index in [1.165, 1.54) is 6.92 Å². The van der Waals surface area contributed by atoms with Gasteiger partial charge in [-0.1, -0.05) is 38.5 Å². The predicted molar refractivity (Wildman–Crippen MR) is 107 cm³/mol. The monoisotopic (exact) mass is 388 g/mol. The predicted octanol–water partition coefficient (Wildman–Crippen LogP) is 1.16. The van der Waals surface area contributed by atoms with Crippen molar-refractivity contribution in [2.45, 2.75) is 51.7 Å². The summed E-state index contributed by atoms with van der Waals surface area (Å²) in [7, 11) is 0. The van der Waals surface area contributed by atoms with Crippen molar-refractivity contribution in [3.63, 3.8) is 0 Å². The second-order valence-electron chi connectivity index (χ2n) is 7.10. The zero-order chi connectivity index (χ0) is 20.8. The molecule has 28 heavy (non-hydrogen) atoms. The van der Waals surface area contributed by atoms with Crippen LogP contribution < -0.4 is 16.4 Å². The highest BCUT2D eigenvalue weighted by Crippen LogP contribution is 2.19. The number of aliphatic carboxylic acids is 1. The summed E-state index contributed by atoms with van der Waals surface area (Å²) in [5.41, 5.74) is 7.75. The van der Waals surface area contributed by atoms with Gasteiger partial charge in [0.25, 0.3) is 0 Å². The van der Waals surface area contributed by atoms with Crippen LogP contribution in [0, 0.1) is 5.92 Å². The number of benzene rings is 1. The summed E-state index contributed by atoms with van der Waals surface area (Å²) in [4.78, 5) is 39.4. The molecule has 1 aromatic heterocycles. The number of carboxylic acids is 1. The summed E-state index contributed by atoms with van der Waals surface area (Å²) in [6.45, 7) is 5.17. The van der Waals surface area contributed by atoms with E-state index in [0.717, 1.165) is 22.9 Å². The summed E-state index contributed by atoms with van der Waals surface area (Å²) >= 11 is 0. The van der Waals surface area contributed by atoms with Crippen molar-refractivity contribution in [1.82, 2.24) is 15.6 Å². The summed E-state index contributed by atoms with van der Waals surface area (Å²) in [5, 5.41) is 15.1. The standard InChI is InChI=1S/C20H28N4O4/c1-4-11(2)17(21)19(26)24-16(18(25)23-12(3)20(27)28)9-13-10-22-15-8-6-5-7-14(13)15/h5-8,10-12,16-17,22H,4,9,21H2,1-3H3,(H,23,25)(H,24,26)(H,27,28). The number of carbonyl (C=O) groups is 3. The molecule has 6 N–H and O–H groups in total. The Bertz CT molecular complexity index is 848. The van der Waals surface area contributed by atoms with Gasteiger partial charge in [-0.05, 0) is 24.5 Å². The number of aromatic nitrogens is 1. The molecule has 0 fully saturated rings. The van der Waals surface area contributed by atoms with Crippen LogP contribution in [0.25, 0.3) is 10.9 Å². The molecular weight excluding hydrogens is 360 g/mol. The molecule has 8 heteroatoms. The van der Waals surface area contributed by atoms with Crippen molar-refractivity contribution in [3.8, 4) is 0 Å². The van der Waals surface area contributed by atoms with Crippen molar-refractivity contribution in [2.24, 2.45) is 11.7 Å². The van der Waals surface area contributed by atoms with E-state index in [-0.39, 0.29) is 12.3 Å². The van der Waals surface area contributed by atoms with E-state index < -0.39 is 35.9 Å². The number of hydrogen-bond acceptors (Lipinski definition) is 4. The Labute approximate surface area is 163 Å². The van der Waals surface area contributed by atoms with Gasteiger partial charge in [-0.3, -0.25) is 14.4 Å². The second kappa shape index (κ2) is 9.36. The van der Waals surface area contributed by atoms with Gasteiger partial charge in [-0.2, -0.15) is 0 Å². The summed E-state index contributed by atoms with van der Waals surface area (Å²) < 4.78 is 0. The Hall–Kier alpha value is -2.87. The second-order valence-corrected chi connectivity index (χ2v) is 7.10. The molecule has 0 spiro atoms. The number of fused-ring (bicyclic) bond motifs is 1. The van der Waals surface area contributed by atoms with E-state index in [4.69, 9.17) is 10.8 Å². The molecule has 1 aromatic carbocycles. The quantitative estimate of drug-likeness (QED) is 0.439. The topological polar surface area (TPSA) is 137 Å². The molecule has 0 saturated heterocycles. The molecule has 2 aromatic rings. The van der Waals surface area contributed by atoms with Crippen molar-refractivity contribution < 1.29 is 19.5 Å². The summed E-state index contributed by atoms with van der Waals surface area (Å²) in [6, 6.07) is 4.86. The van der Waals surface area contributed by atoms with E-state index in [0.29, 0.717) is 0 Å². The number of carboxylic acid groups (broad SMARTS) is 1. The molecule has 8 nitrogen and oxygen atoms in total. The molecular formula is C20H28N4O4. The Morgan fingerprint density at radius 3 is 2.46 bits per heavy atom. The Morgan fingerprint density at radius 2 is 1.82 bits per heavy atom. The van der Waals surface area contributed by atoms with Gasteiger partial charge in [0.1, 0.15) is 12.1 Å². The first-order valence-corrected chi connectivity index (χ1v) is 9.38. The lowest BCUT2D eigenvalue weighted by Crippen LogP contribution is -2.55. The fourth-order valence-corrected chi connectivity index (χ4v) is 2.89. The van der Waals surface area contributed by atoms with Crippen LogP contribution in [0.1, 0.15) is 32.8 Å². The molecule has 4 unspecified atom stereocenters. The lowest BCUT2D eigenvalue weighted by atomic mass is 9.98. The van der Waals surface area contributed by atoms with E-state index in [9.17, 15) is 14.4 Å². The molecule has 2 amide bonds. The average molecular weight is 388 g/mol. The molecule has 0 radical (unpaired) electrons. The number of nitrogens with two attached hydrogens (primary N) is 1. The molecule has 4 atom stereocenters. The maximum Gasteiger partial charge on any atom is 0.325 e. The fraction of sp³-hybridized carbons (Fsp3) is 0.450. The highest BCUT2D eigenvalue weighted by molar-refractivity contribution is 5.92. The first-order valence-electron chi connectivity index (χ1n) is 9.38. The number of rotatable bonds is 9. The zero-order valence-electron chi connectivity index (χ0n) is 16.4. The molecule has 0 aliphatic rings. The third-order valence-electron chi connectivity index (χ3n) is 5.02. The molecule has 0 bridgehead atoms. The minimum Gasteiger partial charge on any atom is -0.480 e. The van der Waals surface area contributed by atoms with Gasteiger partial charge in [0.15, 0.2) is 0 Å². The minimum atomic E-state index is -1.15. The van der Waals surface area contributed by atoms with Gasteiger partial charge in [0.05, 0.1) is 6.04 Å². The first-order chi connectivity index (χ1) is 13.2. The minimum absolute atomic E-state index is 0.0465. The molecule has 0 aliphatic carbocycles. The molecule has 0 saturated carbocycles. The van der Waals surface area contributed by atoms with Crippen LogP contribution in [0.15, 0.2) is 30.5 Å².